The smallest absolute Gasteiger partial charge is 0.225 e. The minimum atomic E-state index is -0.205. The molecule has 1 unspecified atom stereocenters. The zero-order valence-corrected chi connectivity index (χ0v) is 16.7. The van der Waals surface area contributed by atoms with E-state index in [1.54, 1.807) is 12.1 Å². The first-order chi connectivity index (χ1) is 13.4. The average Bonchev–Trinajstić information content (AvgIpc) is 2.65. The lowest BCUT2D eigenvalue weighted by Gasteiger charge is -2.37. The summed E-state index contributed by atoms with van der Waals surface area (Å²) in [6.07, 6.45) is 5.21. The molecule has 0 bridgehead atoms. The van der Waals surface area contributed by atoms with Gasteiger partial charge in [0.2, 0.25) is 5.95 Å². The van der Waals surface area contributed by atoms with Crippen molar-refractivity contribution in [2.24, 2.45) is 5.41 Å². The van der Waals surface area contributed by atoms with E-state index >= 15 is 0 Å². The lowest BCUT2D eigenvalue weighted by atomic mass is 9.74. The molecule has 5 nitrogen and oxygen atoms in total. The Hall–Kier alpha value is -2.05. The Morgan fingerprint density at radius 3 is 2.82 bits per heavy atom. The number of aliphatic hydroxyl groups excluding tert-OH is 1. The van der Waals surface area contributed by atoms with Gasteiger partial charge in [-0.2, -0.15) is 0 Å². The van der Waals surface area contributed by atoms with E-state index in [-0.39, 0.29) is 23.4 Å². The molecule has 0 amide bonds. The van der Waals surface area contributed by atoms with Crippen molar-refractivity contribution in [3.05, 3.63) is 53.1 Å². The maximum Gasteiger partial charge on any atom is 0.225 e. The van der Waals surface area contributed by atoms with Crippen LogP contribution in [0.1, 0.15) is 56.0 Å². The van der Waals surface area contributed by atoms with E-state index in [1.165, 1.54) is 6.07 Å². The highest BCUT2D eigenvalue weighted by Crippen LogP contribution is 2.40. The van der Waals surface area contributed by atoms with Crippen molar-refractivity contribution >= 4 is 5.95 Å². The Labute approximate surface area is 166 Å². The van der Waals surface area contributed by atoms with Crippen molar-refractivity contribution in [2.75, 3.05) is 18.0 Å². The van der Waals surface area contributed by atoms with Gasteiger partial charge in [0.05, 0.1) is 11.8 Å². The molecule has 1 fully saturated rings. The second-order valence-electron chi connectivity index (χ2n) is 8.90. The first kappa shape index (κ1) is 19.3. The molecule has 2 aromatic rings. The molecule has 0 saturated carbocycles. The fraction of sp³-hybridized carbons (Fsp3) is 0.545. The molecule has 2 heterocycles. The lowest BCUT2D eigenvalue weighted by molar-refractivity contribution is 0.145. The molecule has 150 valence electrons. The van der Waals surface area contributed by atoms with Crippen molar-refractivity contribution in [3.63, 3.8) is 0 Å². The minimum absolute atomic E-state index is 0.135. The number of halogens is 1. The maximum atomic E-state index is 13.5. The van der Waals surface area contributed by atoms with Crippen molar-refractivity contribution in [3.8, 4) is 0 Å². The summed E-state index contributed by atoms with van der Waals surface area (Å²) in [5.74, 6) is 0.565. The summed E-state index contributed by atoms with van der Waals surface area (Å²) in [5.41, 5.74) is 3.33. The van der Waals surface area contributed by atoms with Gasteiger partial charge >= 0.3 is 0 Å². The number of aromatic nitrogens is 2. The van der Waals surface area contributed by atoms with E-state index in [0.29, 0.717) is 6.54 Å². The molecule has 0 radical (unpaired) electrons. The molecular formula is C22H29FN4O. The van der Waals surface area contributed by atoms with Crippen LogP contribution in [0.3, 0.4) is 0 Å². The number of nitrogens with zero attached hydrogens (tertiary/aromatic N) is 3. The molecular weight excluding hydrogens is 355 g/mol. The third-order valence-electron chi connectivity index (χ3n) is 5.85. The highest BCUT2D eigenvalue weighted by atomic mass is 19.1. The number of piperidine rings is 1. The molecule has 2 N–H and O–H groups in total. The number of rotatable bonds is 4. The van der Waals surface area contributed by atoms with Gasteiger partial charge in [0, 0.05) is 37.4 Å². The fourth-order valence-corrected chi connectivity index (χ4v) is 4.32. The molecule has 2 aliphatic rings. The molecule has 1 aromatic heterocycles. The van der Waals surface area contributed by atoms with E-state index in [1.807, 2.05) is 12.3 Å². The van der Waals surface area contributed by atoms with Crippen LogP contribution in [0.2, 0.25) is 0 Å². The first-order valence-electron chi connectivity index (χ1n) is 10.2. The summed E-state index contributed by atoms with van der Waals surface area (Å²) in [6, 6.07) is 6.88. The predicted molar refractivity (Wildman–Crippen MR) is 108 cm³/mol. The number of hydrogen-bond acceptors (Lipinski definition) is 5. The highest BCUT2D eigenvalue weighted by molar-refractivity contribution is 5.37. The van der Waals surface area contributed by atoms with Crippen molar-refractivity contribution < 1.29 is 9.50 Å². The first-order valence-corrected chi connectivity index (χ1v) is 10.2. The van der Waals surface area contributed by atoms with E-state index in [4.69, 9.17) is 4.98 Å². The third kappa shape index (κ3) is 4.33. The van der Waals surface area contributed by atoms with Gasteiger partial charge in [0.25, 0.3) is 0 Å². The van der Waals surface area contributed by atoms with Gasteiger partial charge in [-0.15, -0.1) is 0 Å². The summed E-state index contributed by atoms with van der Waals surface area (Å²) in [7, 11) is 0. The molecule has 1 aliphatic heterocycles. The summed E-state index contributed by atoms with van der Waals surface area (Å²) in [5, 5.41) is 13.3. The SMILES string of the molecule is CC1(C)Cc2nc(N3CCC(O)CC3)ncc2C(NCc2cccc(F)c2)C1. The van der Waals surface area contributed by atoms with Crippen molar-refractivity contribution in [1.82, 2.24) is 15.3 Å². The molecule has 1 aliphatic carbocycles. The topological polar surface area (TPSA) is 61.3 Å². The lowest BCUT2D eigenvalue weighted by Crippen LogP contribution is -2.38. The second kappa shape index (κ2) is 7.76. The zero-order valence-electron chi connectivity index (χ0n) is 16.7. The number of benzene rings is 1. The van der Waals surface area contributed by atoms with Gasteiger partial charge in [-0.25, -0.2) is 14.4 Å². The Morgan fingerprint density at radius 2 is 2.07 bits per heavy atom. The quantitative estimate of drug-likeness (QED) is 0.846. The van der Waals surface area contributed by atoms with Crippen LogP contribution in [0.4, 0.5) is 10.3 Å². The third-order valence-corrected chi connectivity index (χ3v) is 5.85. The highest BCUT2D eigenvalue weighted by Gasteiger charge is 2.34. The summed E-state index contributed by atoms with van der Waals surface area (Å²) in [4.78, 5) is 11.7. The van der Waals surface area contributed by atoms with Crippen LogP contribution in [0, 0.1) is 11.2 Å². The number of anilines is 1. The number of fused-ring (bicyclic) bond motifs is 1. The zero-order chi connectivity index (χ0) is 19.7. The van der Waals surface area contributed by atoms with Gasteiger partial charge in [0.15, 0.2) is 0 Å². The summed E-state index contributed by atoms with van der Waals surface area (Å²) in [6.45, 7) is 6.75. The summed E-state index contributed by atoms with van der Waals surface area (Å²) >= 11 is 0. The molecule has 4 rings (SSSR count). The van der Waals surface area contributed by atoms with Crippen molar-refractivity contribution in [1.29, 1.82) is 0 Å². The maximum absolute atomic E-state index is 13.5. The molecule has 1 atom stereocenters. The Morgan fingerprint density at radius 1 is 1.29 bits per heavy atom. The van der Waals surface area contributed by atoms with Crippen LogP contribution in [-0.2, 0) is 13.0 Å². The Bertz CT molecular complexity index is 833. The molecule has 0 spiro atoms. The Kier molecular flexibility index (Phi) is 5.34. The van der Waals surface area contributed by atoms with Crippen LogP contribution in [0.15, 0.2) is 30.5 Å². The monoisotopic (exact) mass is 384 g/mol. The van der Waals surface area contributed by atoms with Crippen LogP contribution >= 0.6 is 0 Å². The summed E-state index contributed by atoms with van der Waals surface area (Å²) < 4.78 is 13.5. The predicted octanol–water partition coefficient (Wildman–Crippen LogP) is 3.38. The number of aliphatic hydroxyl groups is 1. The van der Waals surface area contributed by atoms with Gasteiger partial charge in [-0.05, 0) is 48.8 Å². The standard InChI is InChI=1S/C22H29FN4O/c1-22(2)11-19(24-13-15-4-3-5-16(23)10-15)18-14-25-21(26-20(18)12-22)27-8-6-17(28)7-9-27/h3-5,10,14,17,19,24,28H,6-9,11-13H2,1-2H3. The van der Waals surface area contributed by atoms with Gasteiger partial charge in [-0.1, -0.05) is 26.0 Å². The molecule has 1 aromatic carbocycles. The minimum Gasteiger partial charge on any atom is -0.393 e. The van der Waals surface area contributed by atoms with E-state index in [2.05, 4.69) is 29.0 Å². The van der Waals surface area contributed by atoms with Crippen LogP contribution in [0.5, 0.6) is 0 Å². The normalized spacial score (nSPS) is 22.1. The molecule has 28 heavy (non-hydrogen) atoms. The van der Waals surface area contributed by atoms with E-state index < -0.39 is 0 Å². The van der Waals surface area contributed by atoms with Gasteiger partial charge in [-0.3, -0.25) is 0 Å². The molecule has 6 heteroatoms. The van der Waals surface area contributed by atoms with E-state index in [0.717, 1.165) is 61.5 Å². The van der Waals surface area contributed by atoms with Crippen LogP contribution in [0.25, 0.3) is 0 Å². The average molecular weight is 384 g/mol. The largest absolute Gasteiger partial charge is 0.393 e. The van der Waals surface area contributed by atoms with Gasteiger partial charge < -0.3 is 15.3 Å². The Balaban J connectivity index is 1.53. The molecule has 1 saturated heterocycles. The van der Waals surface area contributed by atoms with Crippen LogP contribution < -0.4 is 10.2 Å². The van der Waals surface area contributed by atoms with E-state index in [9.17, 15) is 9.50 Å². The fourth-order valence-electron chi connectivity index (χ4n) is 4.32. The van der Waals surface area contributed by atoms with Gasteiger partial charge in [0.1, 0.15) is 5.82 Å². The van der Waals surface area contributed by atoms with Crippen LogP contribution in [-0.4, -0.2) is 34.3 Å². The van der Waals surface area contributed by atoms with Crippen molar-refractivity contribution in [2.45, 2.75) is 58.2 Å². The second-order valence-corrected chi connectivity index (χ2v) is 8.90. The number of hydrogen-bond donors (Lipinski definition) is 2. The number of nitrogens with one attached hydrogen (secondary N) is 1.